The molecule has 0 atom stereocenters. The van der Waals surface area contributed by atoms with Crippen molar-refractivity contribution in [2.45, 2.75) is 12.8 Å². The molecule has 58 valence electrons. The van der Waals surface area contributed by atoms with Crippen molar-refractivity contribution < 1.29 is 4.74 Å². The molecule has 1 aliphatic heterocycles. The van der Waals surface area contributed by atoms with Crippen molar-refractivity contribution >= 4 is 0 Å². The fourth-order valence-electron chi connectivity index (χ4n) is 1.18. The molecule has 2 N–H and O–H groups in total. The third-order valence-electron chi connectivity index (χ3n) is 1.81. The predicted molar refractivity (Wildman–Crippen MR) is 41.7 cm³/mol. The lowest BCUT2D eigenvalue weighted by Gasteiger charge is -2.18. The van der Waals surface area contributed by atoms with E-state index in [1.165, 1.54) is 0 Å². The van der Waals surface area contributed by atoms with Crippen molar-refractivity contribution in [1.29, 1.82) is 0 Å². The van der Waals surface area contributed by atoms with E-state index in [-0.39, 0.29) is 0 Å². The van der Waals surface area contributed by atoms with Gasteiger partial charge in [-0.2, -0.15) is 0 Å². The molecule has 0 aromatic heterocycles. The number of ether oxygens (including phenoxy) is 1. The van der Waals surface area contributed by atoms with Crippen molar-refractivity contribution in [3.8, 4) is 0 Å². The van der Waals surface area contributed by atoms with Crippen LogP contribution in [0, 0.1) is 5.92 Å². The van der Waals surface area contributed by atoms with Gasteiger partial charge in [-0.25, -0.2) is 0 Å². The largest absolute Gasteiger partial charge is 0.381 e. The summed E-state index contributed by atoms with van der Waals surface area (Å²) in [5.74, 6) is 0.720. The molecule has 2 nitrogen and oxygen atoms in total. The van der Waals surface area contributed by atoms with E-state index in [2.05, 4.69) is 6.08 Å². The summed E-state index contributed by atoms with van der Waals surface area (Å²) in [4.78, 5) is 0. The maximum absolute atomic E-state index is 5.33. The van der Waals surface area contributed by atoms with Gasteiger partial charge >= 0.3 is 0 Å². The molecule has 0 saturated carbocycles. The average Bonchev–Trinajstić information content (AvgIpc) is 2.03. The van der Waals surface area contributed by atoms with Gasteiger partial charge in [0.15, 0.2) is 0 Å². The number of rotatable bonds is 2. The predicted octanol–water partition coefficient (Wildman–Crippen LogP) is 0.928. The normalized spacial score (nSPS) is 22.1. The van der Waals surface area contributed by atoms with Crippen molar-refractivity contribution in [2.75, 3.05) is 19.8 Å². The van der Waals surface area contributed by atoms with Crippen molar-refractivity contribution in [1.82, 2.24) is 0 Å². The summed E-state index contributed by atoms with van der Waals surface area (Å²) in [7, 11) is 0. The van der Waals surface area contributed by atoms with Crippen LogP contribution in [0.2, 0.25) is 0 Å². The third-order valence-corrected chi connectivity index (χ3v) is 1.81. The van der Waals surface area contributed by atoms with Gasteiger partial charge in [0, 0.05) is 19.8 Å². The van der Waals surface area contributed by atoms with E-state index in [1.54, 1.807) is 0 Å². The Morgan fingerprint density at radius 1 is 1.40 bits per heavy atom. The van der Waals surface area contributed by atoms with E-state index >= 15 is 0 Å². The molecule has 0 aliphatic carbocycles. The highest BCUT2D eigenvalue weighted by molar-refractivity contribution is 4.89. The lowest BCUT2D eigenvalue weighted by atomic mass is 10.00. The summed E-state index contributed by atoms with van der Waals surface area (Å²) in [6, 6.07) is 0. The van der Waals surface area contributed by atoms with Gasteiger partial charge in [-0.3, -0.25) is 0 Å². The summed E-state index contributed by atoms with van der Waals surface area (Å²) in [6.45, 7) is 2.50. The van der Waals surface area contributed by atoms with Gasteiger partial charge in [0.2, 0.25) is 0 Å². The average molecular weight is 141 g/mol. The molecule has 0 aromatic carbocycles. The van der Waals surface area contributed by atoms with Gasteiger partial charge in [-0.05, 0) is 18.8 Å². The Morgan fingerprint density at radius 3 is 2.70 bits per heavy atom. The maximum Gasteiger partial charge on any atom is 0.0471 e. The first-order valence-electron chi connectivity index (χ1n) is 3.88. The highest BCUT2D eigenvalue weighted by Crippen LogP contribution is 2.15. The van der Waals surface area contributed by atoms with Crippen molar-refractivity contribution in [3.05, 3.63) is 12.2 Å². The van der Waals surface area contributed by atoms with Crippen LogP contribution in [0.1, 0.15) is 12.8 Å². The molecule has 0 amide bonds. The minimum Gasteiger partial charge on any atom is -0.381 e. The lowest BCUT2D eigenvalue weighted by molar-refractivity contribution is 0.0785. The first-order valence-corrected chi connectivity index (χ1v) is 3.88. The first kappa shape index (κ1) is 7.76. The van der Waals surface area contributed by atoms with Gasteiger partial charge < -0.3 is 10.5 Å². The van der Waals surface area contributed by atoms with Gasteiger partial charge in [0.05, 0.1) is 0 Å². The molecule has 1 saturated heterocycles. The van der Waals surface area contributed by atoms with Crippen LogP contribution < -0.4 is 5.73 Å². The molecule has 0 spiro atoms. The molecule has 0 unspecified atom stereocenters. The minimum absolute atomic E-state index is 0.664. The molecule has 0 radical (unpaired) electrons. The monoisotopic (exact) mass is 141 g/mol. The van der Waals surface area contributed by atoms with Crippen LogP contribution in [0.4, 0.5) is 0 Å². The first-order chi connectivity index (χ1) is 4.93. The number of allylic oxidation sites excluding steroid dienone is 1. The standard InChI is InChI=1S/C8H15NO/c9-5-1-2-8-3-6-10-7-4-8/h1-2,8H,3-7,9H2/b2-1+. The molecule has 1 aliphatic rings. The Labute approximate surface area is 62.1 Å². The maximum atomic E-state index is 5.33. The summed E-state index contributed by atoms with van der Waals surface area (Å²) in [6.07, 6.45) is 6.57. The number of hydrogen-bond acceptors (Lipinski definition) is 2. The minimum atomic E-state index is 0.664. The second-order valence-electron chi connectivity index (χ2n) is 2.61. The topological polar surface area (TPSA) is 35.2 Å². The molecule has 2 heteroatoms. The molecule has 10 heavy (non-hydrogen) atoms. The van der Waals surface area contributed by atoms with Crippen molar-refractivity contribution in [2.24, 2.45) is 11.7 Å². The molecule has 1 rings (SSSR count). The molecule has 0 aromatic rings. The fourth-order valence-corrected chi connectivity index (χ4v) is 1.18. The molecular weight excluding hydrogens is 126 g/mol. The Kier molecular flexibility index (Phi) is 3.47. The van der Waals surface area contributed by atoms with Crippen LogP contribution in [0.15, 0.2) is 12.2 Å². The second kappa shape index (κ2) is 4.47. The Balaban J connectivity index is 2.19. The van der Waals surface area contributed by atoms with E-state index in [4.69, 9.17) is 10.5 Å². The van der Waals surface area contributed by atoms with E-state index in [0.29, 0.717) is 6.54 Å². The summed E-state index contributed by atoms with van der Waals surface area (Å²) >= 11 is 0. The zero-order valence-corrected chi connectivity index (χ0v) is 6.25. The number of hydrogen-bond donors (Lipinski definition) is 1. The smallest absolute Gasteiger partial charge is 0.0471 e. The van der Waals surface area contributed by atoms with Gasteiger partial charge in [0.1, 0.15) is 0 Å². The highest BCUT2D eigenvalue weighted by Gasteiger charge is 2.09. The van der Waals surface area contributed by atoms with Crippen molar-refractivity contribution in [3.63, 3.8) is 0 Å². The van der Waals surface area contributed by atoms with Crippen LogP contribution in [0.5, 0.6) is 0 Å². The molecule has 1 fully saturated rings. The molecule has 1 heterocycles. The zero-order chi connectivity index (χ0) is 7.23. The van der Waals surface area contributed by atoms with E-state index in [9.17, 15) is 0 Å². The third kappa shape index (κ3) is 2.50. The Bertz CT molecular complexity index is 106. The van der Waals surface area contributed by atoms with E-state index in [0.717, 1.165) is 32.0 Å². The van der Waals surface area contributed by atoms with Gasteiger partial charge in [0.25, 0.3) is 0 Å². The van der Waals surface area contributed by atoms with Gasteiger partial charge in [-0.15, -0.1) is 0 Å². The quantitative estimate of drug-likeness (QED) is 0.580. The van der Waals surface area contributed by atoms with Crippen LogP contribution in [-0.2, 0) is 4.74 Å². The SMILES string of the molecule is NC/C=C/C1CCOCC1. The summed E-state index contributed by atoms with van der Waals surface area (Å²) in [5, 5.41) is 0. The molecular formula is C8H15NO. The second-order valence-corrected chi connectivity index (χ2v) is 2.61. The van der Waals surface area contributed by atoms with Crippen LogP contribution in [-0.4, -0.2) is 19.8 Å². The van der Waals surface area contributed by atoms with E-state index < -0.39 is 0 Å². The fraction of sp³-hybridized carbons (Fsp3) is 0.750. The lowest BCUT2D eigenvalue weighted by Crippen LogP contribution is -2.13. The summed E-state index contributed by atoms with van der Waals surface area (Å²) < 4.78 is 5.21. The van der Waals surface area contributed by atoms with Crippen LogP contribution >= 0.6 is 0 Å². The van der Waals surface area contributed by atoms with Crippen LogP contribution in [0.25, 0.3) is 0 Å². The Morgan fingerprint density at radius 2 is 2.10 bits per heavy atom. The number of nitrogens with two attached hydrogens (primary N) is 1. The van der Waals surface area contributed by atoms with Gasteiger partial charge in [-0.1, -0.05) is 12.2 Å². The zero-order valence-electron chi connectivity index (χ0n) is 6.25. The molecule has 0 bridgehead atoms. The highest BCUT2D eigenvalue weighted by atomic mass is 16.5. The van der Waals surface area contributed by atoms with Crippen LogP contribution in [0.3, 0.4) is 0 Å². The Hall–Kier alpha value is -0.340. The summed E-state index contributed by atoms with van der Waals surface area (Å²) in [5.41, 5.74) is 5.33. The van der Waals surface area contributed by atoms with E-state index in [1.807, 2.05) is 6.08 Å².